The van der Waals surface area contributed by atoms with E-state index in [1.54, 1.807) is 0 Å². The van der Waals surface area contributed by atoms with Crippen molar-refractivity contribution in [1.29, 1.82) is 0 Å². The third kappa shape index (κ3) is 3.33. The van der Waals surface area contributed by atoms with E-state index in [1.807, 2.05) is 30.3 Å². The molecule has 0 radical (unpaired) electrons. The summed E-state index contributed by atoms with van der Waals surface area (Å²) >= 11 is 0. The number of anilines is 1. The van der Waals surface area contributed by atoms with Gasteiger partial charge in [0.05, 0.1) is 5.92 Å². The normalized spacial score (nSPS) is 20.9. The number of carbonyl (C=O) groups excluding carboxylic acids is 1. The zero-order chi connectivity index (χ0) is 13.0. The molecule has 1 unspecified atom stereocenters. The first-order valence-electron chi connectivity index (χ1n) is 6.77. The number of nitrogens with one attached hydrogen (secondary N) is 1. The molecule has 1 atom stereocenters. The van der Waals surface area contributed by atoms with Crippen LogP contribution in [0.4, 0.5) is 5.69 Å². The maximum atomic E-state index is 12.2. The van der Waals surface area contributed by atoms with Gasteiger partial charge in [0, 0.05) is 18.3 Å². The molecule has 18 heavy (non-hydrogen) atoms. The molecule has 1 amide bonds. The first-order chi connectivity index (χ1) is 8.66. The Morgan fingerprint density at radius 1 is 1.33 bits per heavy atom. The van der Waals surface area contributed by atoms with Crippen LogP contribution in [0.3, 0.4) is 0 Å². The van der Waals surface area contributed by atoms with Crippen molar-refractivity contribution in [2.45, 2.75) is 32.7 Å². The van der Waals surface area contributed by atoms with Gasteiger partial charge in [0.1, 0.15) is 0 Å². The molecule has 1 saturated heterocycles. The number of carbonyl (C=O) groups is 1. The van der Waals surface area contributed by atoms with Crippen molar-refractivity contribution in [2.24, 2.45) is 5.92 Å². The third-order valence-electron chi connectivity index (χ3n) is 3.60. The van der Waals surface area contributed by atoms with E-state index in [4.69, 9.17) is 0 Å². The Kier molecular flexibility index (Phi) is 4.37. The van der Waals surface area contributed by atoms with E-state index in [9.17, 15) is 4.79 Å². The van der Waals surface area contributed by atoms with Gasteiger partial charge in [0.25, 0.3) is 0 Å². The highest BCUT2D eigenvalue weighted by Crippen LogP contribution is 2.20. The standard InChI is InChI=1S/C15H22N2O/c1-12(2)17-10-6-7-13(11-17)15(18)16-14-8-4-3-5-9-14/h3-5,8-9,12-13H,6-7,10-11H2,1-2H3,(H,16,18). The van der Waals surface area contributed by atoms with Gasteiger partial charge in [-0.2, -0.15) is 0 Å². The minimum absolute atomic E-state index is 0.126. The second-order valence-electron chi connectivity index (χ2n) is 5.28. The number of hydrogen-bond donors (Lipinski definition) is 1. The zero-order valence-corrected chi connectivity index (χ0v) is 11.2. The van der Waals surface area contributed by atoms with E-state index in [-0.39, 0.29) is 11.8 Å². The quantitative estimate of drug-likeness (QED) is 0.889. The van der Waals surface area contributed by atoms with Crippen LogP contribution < -0.4 is 5.32 Å². The van der Waals surface area contributed by atoms with Crippen LogP contribution in [0.25, 0.3) is 0 Å². The van der Waals surface area contributed by atoms with Gasteiger partial charge < -0.3 is 10.2 Å². The Bertz CT molecular complexity index is 389. The largest absolute Gasteiger partial charge is 0.326 e. The third-order valence-corrected chi connectivity index (χ3v) is 3.60. The van der Waals surface area contributed by atoms with Crippen molar-refractivity contribution in [2.75, 3.05) is 18.4 Å². The number of para-hydroxylation sites is 1. The van der Waals surface area contributed by atoms with Crippen molar-refractivity contribution in [3.05, 3.63) is 30.3 Å². The van der Waals surface area contributed by atoms with Gasteiger partial charge in [-0.3, -0.25) is 4.79 Å². The monoisotopic (exact) mass is 246 g/mol. The van der Waals surface area contributed by atoms with E-state index in [1.165, 1.54) is 0 Å². The summed E-state index contributed by atoms with van der Waals surface area (Å²) in [5, 5.41) is 3.01. The van der Waals surface area contributed by atoms with Crippen LogP contribution in [0.1, 0.15) is 26.7 Å². The Morgan fingerprint density at radius 3 is 2.72 bits per heavy atom. The SMILES string of the molecule is CC(C)N1CCCC(C(=O)Nc2ccccc2)C1. The number of rotatable bonds is 3. The fourth-order valence-corrected chi connectivity index (χ4v) is 2.46. The topological polar surface area (TPSA) is 32.3 Å². The fourth-order valence-electron chi connectivity index (χ4n) is 2.46. The Labute approximate surface area is 109 Å². The second-order valence-corrected chi connectivity index (χ2v) is 5.28. The van der Waals surface area contributed by atoms with Crippen molar-refractivity contribution in [3.63, 3.8) is 0 Å². The predicted molar refractivity (Wildman–Crippen MR) is 74.5 cm³/mol. The van der Waals surface area contributed by atoms with E-state index in [0.29, 0.717) is 6.04 Å². The van der Waals surface area contributed by atoms with Crippen LogP contribution in [0.15, 0.2) is 30.3 Å². The Hall–Kier alpha value is -1.35. The van der Waals surface area contributed by atoms with Crippen molar-refractivity contribution in [3.8, 4) is 0 Å². The lowest BCUT2D eigenvalue weighted by Crippen LogP contribution is -2.43. The molecule has 2 rings (SSSR count). The number of likely N-dealkylation sites (tertiary alicyclic amines) is 1. The Morgan fingerprint density at radius 2 is 2.06 bits per heavy atom. The average molecular weight is 246 g/mol. The molecule has 0 saturated carbocycles. The molecular weight excluding hydrogens is 224 g/mol. The zero-order valence-electron chi connectivity index (χ0n) is 11.2. The van der Waals surface area contributed by atoms with Crippen LogP contribution in [-0.2, 0) is 4.79 Å². The van der Waals surface area contributed by atoms with Crippen molar-refractivity contribution in [1.82, 2.24) is 4.90 Å². The number of piperidine rings is 1. The lowest BCUT2D eigenvalue weighted by atomic mass is 9.96. The maximum absolute atomic E-state index is 12.2. The highest BCUT2D eigenvalue weighted by molar-refractivity contribution is 5.92. The molecule has 0 aliphatic carbocycles. The molecule has 1 N–H and O–H groups in total. The van der Waals surface area contributed by atoms with Crippen molar-refractivity contribution >= 4 is 11.6 Å². The van der Waals surface area contributed by atoms with Gasteiger partial charge in [-0.15, -0.1) is 0 Å². The molecular formula is C15H22N2O. The predicted octanol–water partition coefficient (Wildman–Crippen LogP) is 2.75. The molecule has 1 aliphatic rings. The molecule has 0 bridgehead atoms. The highest BCUT2D eigenvalue weighted by atomic mass is 16.1. The number of benzene rings is 1. The number of nitrogens with zero attached hydrogens (tertiary/aromatic N) is 1. The maximum Gasteiger partial charge on any atom is 0.228 e. The van der Waals surface area contributed by atoms with Crippen LogP contribution in [0.2, 0.25) is 0 Å². The molecule has 1 aliphatic heterocycles. The van der Waals surface area contributed by atoms with Crippen LogP contribution in [0.5, 0.6) is 0 Å². The summed E-state index contributed by atoms with van der Waals surface area (Å²) < 4.78 is 0. The molecule has 1 fully saturated rings. The summed E-state index contributed by atoms with van der Waals surface area (Å²) in [5.74, 6) is 0.285. The summed E-state index contributed by atoms with van der Waals surface area (Å²) in [4.78, 5) is 14.6. The summed E-state index contributed by atoms with van der Waals surface area (Å²) in [7, 11) is 0. The molecule has 1 aromatic carbocycles. The van der Waals surface area contributed by atoms with Crippen LogP contribution >= 0.6 is 0 Å². The summed E-state index contributed by atoms with van der Waals surface area (Å²) in [6.45, 7) is 6.39. The van der Waals surface area contributed by atoms with E-state index >= 15 is 0 Å². The fraction of sp³-hybridized carbons (Fsp3) is 0.533. The van der Waals surface area contributed by atoms with Gasteiger partial charge in [0.15, 0.2) is 0 Å². The van der Waals surface area contributed by atoms with Gasteiger partial charge in [0.2, 0.25) is 5.91 Å². The molecule has 1 aromatic rings. The summed E-state index contributed by atoms with van der Waals surface area (Å²) in [6, 6.07) is 10.2. The van der Waals surface area contributed by atoms with Crippen LogP contribution in [-0.4, -0.2) is 29.9 Å². The molecule has 1 heterocycles. The van der Waals surface area contributed by atoms with E-state index in [2.05, 4.69) is 24.1 Å². The lowest BCUT2D eigenvalue weighted by molar-refractivity contribution is -0.121. The highest BCUT2D eigenvalue weighted by Gasteiger charge is 2.26. The van der Waals surface area contributed by atoms with Crippen LogP contribution in [0, 0.1) is 5.92 Å². The molecule has 98 valence electrons. The van der Waals surface area contributed by atoms with Gasteiger partial charge in [-0.05, 0) is 45.4 Å². The first kappa shape index (κ1) is 13.1. The minimum atomic E-state index is 0.126. The van der Waals surface area contributed by atoms with Gasteiger partial charge >= 0.3 is 0 Å². The average Bonchev–Trinajstić information content (AvgIpc) is 2.40. The Balaban J connectivity index is 1.93. The molecule has 3 nitrogen and oxygen atoms in total. The van der Waals surface area contributed by atoms with E-state index < -0.39 is 0 Å². The lowest BCUT2D eigenvalue weighted by Gasteiger charge is -2.34. The minimum Gasteiger partial charge on any atom is -0.326 e. The van der Waals surface area contributed by atoms with Gasteiger partial charge in [-0.25, -0.2) is 0 Å². The number of amides is 1. The molecule has 0 spiro atoms. The smallest absolute Gasteiger partial charge is 0.228 e. The summed E-state index contributed by atoms with van der Waals surface area (Å²) in [6.07, 6.45) is 2.12. The number of hydrogen-bond acceptors (Lipinski definition) is 2. The second kappa shape index (κ2) is 6.01. The van der Waals surface area contributed by atoms with Gasteiger partial charge in [-0.1, -0.05) is 18.2 Å². The molecule has 3 heteroatoms. The van der Waals surface area contributed by atoms with E-state index in [0.717, 1.165) is 31.6 Å². The first-order valence-corrected chi connectivity index (χ1v) is 6.77. The molecule has 0 aromatic heterocycles. The summed E-state index contributed by atoms with van der Waals surface area (Å²) in [5.41, 5.74) is 0.893. The van der Waals surface area contributed by atoms with Crippen molar-refractivity contribution < 1.29 is 4.79 Å².